The fraction of sp³-hybridized carbons (Fsp3) is 0.793. The summed E-state index contributed by atoms with van der Waals surface area (Å²) >= 11 is 7.19. The number of alkyl halides is 2. The van der Waals surface area contributed by atoms with Crippen molar-refractivity contribution in [2.75, 3.05) is 40.1 Å². The van der Waals surface area contributed by atoms with Crippen molar-refractivity contribution in [1.29, 1.82) is 0 Å². The number of hydrogen-bond acceptors (Lipinski definition) is 4. The lowest BCUT2D eigenvalue weighted by atomic mass is 10.0. The van der Waals surface area contributed by atoms with Crippen LogP contribution in [-0.4, -0.2) is 40.1 Å². The molecular weight excluding hydrogens is 572 g/mol. The highest BCUT2D eigenvalue weighted by atomic mass is 79.9. The lowest BCUT2D eigenvalue weighted by molar-refractivity contribution is 0.0543. The Morgan fingerprint density at radius 2 is 0.971 bits per heavy atom. The monoisotopic (exact) mass is 620 g/mol. The van der Waals surface area contributed by atoms with E-state index in [-0.39, 0.29) is 0 Å². The molecule has 0 amide bonds. The highest BCUT2D eigenvalue weighted by molar-refractivity contribution is 9.08. The molecule has 0 saturated carbocycles. The van der Waals surface area contributed by atoms with E-state index in [0.717, 1.165) is 46.3 Å². The Balaban J connectivity index is 2.16. The van der Waals surface area contributed by atoms with Crippen LogP contribution in [0.15, 0.2) is 12.1 Å². The van der Waals surface area contributed by atoms with Gasteiger partial charge in [-0.25, -0.2) is 0 Å². The van der Waals surface area contributed by atoms with Gasteiger partial charge in [-0.1, -0.05) is 122 Å². The van der Waals surface area contributed by atoms with Crippen LogP contribution in [0.5, 0.6) is 11.5 Å². The van der Waals surface area contributed by atoms with E-state index in [0.29, 0.717) is 26.4 Å². The van der Waals surface area contributed by atoms with Crippen molar-refractivity contribution in [3.8, 4) is 11.5 Å². The number of halogens is 2. The Morgan fingerprint density at radius 3 is 1.43 bits per heavy atom. The van der Waals surface area contributed by atoms with Gasteiger partial charge in [-0.2, -0.15) is 0 Å². The van der Waals surface area contributed by atoms with E-state index in [1.165, 1.54) is 83.5 Å². The van der Waals surface area contributed by atoms with Crippen LogP contribution in [0.1, 0.15) is 108 Å². The van der Waals surface area contributed by atoms with Crippen LogP contribution in [0.2, 0.25) is 0 Å². The first kappa shape index (κ1) is 32.7. The molecule has 1 aromatic rings. The lowest BCUT2D eigenvalue weighted by Crippen LogP contribution is -2.11. The summed E-state index contributed by atoms with van der Waals surface area (Å²) in [6.07, 6.45) is 19.2. The maximum atomic E-state index is 6.16. The van der Waals surface area contributed by atoms with Crippen molar-refractivity contribution in [2.24, 2.45) is 0 Å². The lowest BCUT2D eigenvalue weighted by Gasteiger charge is -2.16. The molecule has 0 aliphatic carbocycles. The van der Waals surface area contributed by atoms with E-state index in [9.17, 15) is 0 Å². The van der Waals surface area contributed by atoms with Crippen LogP contribution in [0.4, 0.5) is 0 Å². The molecule has 6 heteroatoms. The zero-order valence-electron chi connectivity index (χ0n) is 22.4. The van der Waals surface area contributed by atoms with Gasteiger partial charge in [0.05, 0.1) is 26.4 Å². The van der Waals surface area contributed by atoms with E-state index in [2.05, 4.69) is 50.9 Å². The van der Waals surface area contributed by atoms with Gasteiger partial charge in [0.1, 0.15) is 18.1 Å². The first-order valence-corrected chi connectivity index (χ1v) is 16.1. The molecular formula is C29H50Br2O4. The standard InChI is InChI=1S/C29H50Br2O4/c1-3-4-5-6-7-8-9-10-11-12-13-14-15-16-17-34-28-22-27(25-31)29(23-26(28)24-30)35-21-20-33-19-18-32-2/h22-23H,3-21,24-25H2,1-2H3. The van der Waals surface area contributed by atoms with Crippen LogP contribution < -0.4 is 9.47 Å². The zero-order chi connectivity index (χ0) is 25.4. The van der Waals surface area contributed by atoms with Crippen LogP contribution in [0.25, 0.3) is 0 Å². The van der Waals surface area contributed by atoms with Crippen LogP contribution in [0, 0.1) is 0 Å². The summed E-state index contributed by atoms with van der Waals surface area (Å²) in [4.78, 5) is 0. The van der Waals surface area contributed by atoms with E-state index in [1.54, 1.807) is 7.11 Å². The topological polar surface area (TPSA) is 36.9 Å². The molecule has 0 fully saturated rings. The van der Waals surface area contributed by atoms with Crippen molar-refractivity contribution in [1.82, 2.24) is 0 Å². The van der Waals surface area contributed by atoms with Crippen LogP contribution >= 0.6 is 31.9 Å². The number of hydrogen-bond donors (Lipinski definition) is 0. The highest BCUT2D eigenvalue weighted by Gasteiger charge is 2.11. The van der Waals surface area contributed by atoms with Gasteiger partial charge in [0.15, 0.2) is 0 Å². The van der Waals surface area contributed by atoms with Crippen molar-refractivity contribution >= 4 is 31.9 Å². The van der Waals surface area contributed by atoms with Gasteiger partial charge in [0, 0.05) is 28.9 Å². The Labute approximate surface area is 232 Å². The Bertz CT molecular complexity index is 613. The van der Waals surface area contributed by atoms with Crippen molar-refractivity contribution in [3.63, 3.8) is 0 Å². The van der Waals surface area contributed by atoms with Crippen molar-refractivity contribution < 1.29 is 18.9 Å². The largest absolute Gasteiger partial charge is 0.493 e. The third kappa shape index (κ3) is 16.9. The van der Waals surface area contributed by atoms with Crippen LogP contribution in [0.3, 0.4) is 0 Å². The minimum absolute atomic E-state index is 0.519. The Hall–Kier alpha value is -0.300. The number of unbranched alkanes of at least 4 members (excludes halogenated alkanes) is 13. The maximum absolute atomic E-state index is 6.16. The quantitative estimate of drug-likeness (QED) is 0.0805. The summed E-state index contributed by atoms with van der Waals surface area (Å²) in [5.74, 6) is 1.84. The summed E-state index contributed by atoms with van der Waals surface area (Å²) in [6, 6.07) is 4.19. The van der Waals surface area contributed by atoms with Gasteiger partial charge in [-0.05, 0) is 18.6 Å². The van der Waals surface area contributed by atoms with Gasteiger partial charge in [0.25, 0.3) is 0 Å². The first-order valence-electron chi connectivity index (χ1n) is 13.9. The molecule has 0 N–H and O–H groups in total. The van der Waals surface area contributed by atoms with Crippen LogP contribution in [-0.2, 0) is 20.1 Å². The predicted molar refractivity (Wildman–Crippen MR) is 156 cm³/mol. The molecule has 0 aromatic heterocycles. The smallest absolute Gasteiger partial charge is 0.124 e. The number of rotatable bonds is 25. The molecule has 0 bridgehead atoms. The van der Waals surface area contributed by atoms with Crippen molar-refractivity contribution in [3.05, 3.63) is 23.3 Å². The molecule has 1 rings (SSSR count). The van der Waals surface area contributed by atoms with E-state index < -0.39 is 0 Å². The molecule has 0 radical (unpaired) electrons. The predicted octanol–water partition coefficient (Wildman–Crippen LogP) is 9.38. The van der Waals surface area contributed by atoms with Gasteiger partial charge in [0.2, 0.25) is 0 Å². The summed E-state index contributed by atoms with van der Waals surface area (Å²) in [6.45, 7) is 5.31. The fourth-order valence-corrected chi connectivity index (χ4v) is 4.93. The summed E-state index contributed by atoms with van der Waals surface area (Å²) < 4.78 is 22.6. The van der Waals surface area contributed by atoms with Gasteiger partial charge in [-0.3, -0.25) is 0 Å². The van der Waals surface area contributed by atoms with Gasteiger partial charge in [-0.15, -0.1) is 0 Å². The summed E-state index contributed by atoms with van der Waals surface area (Å²) in [7, 11) is 1.67. The fourth-order valence-electron chi connectivity index (χ4n) is 4.06. The second-order valence-corrected chi connectivity index (χ2v) is 10.4. The molecule has 204 valence electrons. The number of benzene rings is 1. The Kier molecular flexibility index (Phi) is 22.5. The van der Waals surface area contributed by atoms with E-state index in [1.807, 2.05) is 0 Å². The molecule has 0 unspecified atom stereocenters. The first-order chi connectivity index (χ1) is 17.3. The third-order valence-corrected chi connectivity index (χ3v) is 7.41. The van der Waals surface area contributed by atoms with Gasteiger partial charge < -0.3 is 18.9 Å². The molecule has 0 saturated heterocycles. The Morgan fingerprint density at radius 1 is 0.543 bits per heavy atom. The molecule has 0 aliphatic rings. The average molecular weight is 623 g/mol. The summed E-state index contributed by atoms with van der Waals surface area (Å²) in [5, 5.41) is 1.47. The molecule has 1 aromatic carbocycles. The normalized spacial score (nSPS) is 11.2. The van der Waals surface area contributed by atoms with E-state index in [4.69, 9.17) is 18.9 Å². The molecule has 4 nitrogen and oxygen atoms in total. The number of ether oxygens (including phenoxy) is 4. The molecule has 0 heterocycles. The molecule has 0 aliphatic heterocycles. The third-order valence-electron chi connectivity index (χ3n) is 6.20. The second kappa shape index (κ2) is 24.1. The SMILES string of the molecule is CCCCCCCCCCCCCCCCOc1cc(CBr)c(OCCOCCOC)cc1CBr. The van der Waals surface area contributed by atoms with Crippen molar-refractivity contribution in [2.45, 2.75) is 107 Å². The average Bonchev–Trinajstić information content (AvgIpc) is 2.88. The zero-order valence-corrected chi connectivity index (χ0v) is 25.6. The minimum atomic E-state index is 0.519. The highest BCUT2D eigenvalue weighted by Crippen LogP contribution is 2.32. The molecule has 35 heavy (non-hydrogen) atoms. The second-order valence-electron chi connectivity index (χ2n) is 9.23. The van der Waals surface area contributed by atoms with E-state index >= 15 is 0 Å². The minimum Gasteiger partial charge on any atom is -0.493 e. The molecule has 0 atom stereocenters. The summed E-state index contributed by atoms with van der Waals surface area (Å²) in [5.41, 5.74) is 2.22. The number of methoxy groups -OCH3 is 1. The van der Waals surface area contributed by atoms with Gasteiger partial charge >= 0.3 is 0 Å². The maximum Gasteiger partial charge on any atom is 0.124 e. The molecule has 0 spiro atoms.